The van der Waals surface area contributed by atoms with Gasteiger partial charge in [0.15, 0.2) is 6.10 Å². The maximum absolute atomic E-state index is 11.7. The molecule has 122 valence electrons. The van der Waals surface area contributed by atoms with E-state index in [1.807, 2.05) is 13.8 Å². The Kier molecular flexibility index (Phi) is 6.72. The Bertz CT molecular complexity index is 376. The largest absolute Gasteiger partial charge is 0.459 e. The molecule has 8 nitrogen and oxygen atoms in total. The predicted molar refractivity (Wildman–Crippen MR) is 70.2 cm³/mol. The molecule has 5 N–H and O–H groups in total. The molecule has 2 unspecified atom stereocenters. The van der Waals surface area contributed by atoms with Crippen molar-refractivity contribution in [2.75, 3.05) is 13.2 Å². The zero-order valence-electron chi connectivity index (χ0n) is 11.9. The van der Waals surface area contributed by atoms with Crippen molar-refractivity contribution < 1.29 is 39.8 Å². The first-order valence-electron chi connectivity index (χ1n) is 6.58. The minimum atomic E-state index is -1.85. The minimum Gasteiger partial charge on any atom is -0.459 e. The number of carbonyl (C=O) groups excluding carboxylic acids is 1. The SMILES string of the molecule is CC(C)=CCOC(=O)C(O)C1O[C@H](CO)[C@@H](O)[C@H](O)[C@@H]1O. The molecule has 1 heterocycles. The summed E-state index contributed by atoms with van der Waals surface area (Å²) in [5, 5.41) is 47.8. The fraction of sp³-hybridized carbons (Fsp3) is 0.769. The van der Waals surface area contributed by atoms with E-state index in [-0.39, 0.29) is 6.61 Å². The van der Waals surface area contributed by atoms with Gasteiger partial charge in [-0.25, -0.2) is 4.79 Å². The topological polar surface area (TPSA) is 137 Å². The molecule has 0 aromatic heterocycles. The molecule has 0 spiro atoms. The van der Waals surface area contributed by atoms with E-state index in [9.17, 15) is 25.2 Å². The second-order valence-corrected chi connectivity index (χ2v) is 5.15. The van der Waals surface area contributed by atoms with Crippen LogP contribution in [-0.2, 0) is 14.3 Å². The monoisotopic (exact) mass is 306 g/mol. The first-order chi connectivity index (χ1) is 9.79. The quantitative estimate of drug-likeness (QED) is 0.282. The average molecular weight is 306 g/mol. The van der Waals surface area contributed by atoms with Gasteiger partial charge in [-0.1, -0.05) is 5.57 Å². The lowest BCUT2D eigenvalue weighted by Crippen LogP contribution is -2.62. The van der Waals surface area contributed by atoms with E-state index in [0.29, 0.717) is 0 Å². The van der Waals surface area contributed by atoms with Gasteiger partial charge >= 0.3 is 5.97 Å². The number of hydrogen-bond acceptors (Lipinski definition) is 8. The zero-order chi connectivity index (χ0) is 16.2. The van der Waals surface area contributed by atoms with E-state index in [4.69, 9.17) is 14.6 Å². The van der Waals surface area contributed by atoms with Gasteiger partial charge in [0.1, 0.15) is 37.1 Å². The molecule has 1 rings (SSSR count). The minimum absolute atomic E-state index is 0.0460. The van der Waals surface area contributed by atoms with Crippen molar-refractivity contribution in [1.29, 1.82) is 0 Å². The van der Waals surface area contributed by atoms with Crippen LogP contribution in [0.15, 0.2) is 11.6 Å². The smallest absolute Gasteiger partial charge is 0.338 e. The Labute approximate surface area is 122 Å². The molecule has 0 bridgehead atoms. The molecule has 0 amide bonds. The van der Waals surface area contributed by atoms with Crippen molar-refractivity contribution in [3.05, 3.63) is 11.6 Å². The van der Waals surface area contributed by atoms with E-state index >= 15 is 0 Å². The van der Waals surface area contributed by atoms with E-state index < -0.39 is 49.2 Å². The highest BCUT2D eigenvalue weighted by Gasteiger charge is 2.48. The van der Waals surface area contributed by atoms with Gasteiger partial charge in [0.05, 0.1) is 6.61 Å². The van der Waals surface area contributed by atoms with E-state index in [1.165, 1.54) is 0 Å². The van der Waals surface area contributed by atoms with Crippen molar-refractivity contribution in [3.8, 4) is 0 Å². The van der Waals surface area contributed by atoms with Gasteiger partial charge in [0.25, 0.3) is 0 Å². The average Bonchev–Trinajstić information content (AvgIpc) is 2.44. The van der Waals surface area contributed by atoms with Gasteiger partial charge in [-0.05, 0) is 19.9 Å². The molecule has 6 atom stereocenters. The van der Waals surface area contributed by atoms with Crippen LogP contribution in [0.5, 0.6) is 0 Å². The number of ether oxygens (including phenoxy) is 2. The summed E-state index contributed by atoms with van der Waals surface area (Å²) in [6.45, 7) is 2.93. The lowest BCUT2D eigenvalue weighted by molar-refractivity contribution is -0.250. The van der Waals surface area contributed by atoms with Gasteiger partial charge in [0.2, 0.25) is 0 Å². The Balaban J connectivity index is 2.69. The summed E-state index contributed by atoms with van der Waals surface area (Å²) in [7, 11) is 0. The lowest BCUT2D eigenvalue weighted by Gasteiger charge is -2.41. The van der Waals surface area contributed by atoms with E-state index in [2.05, 4.69) is 0 Å². The Morgan fingerprint density at radius 1 is 1.24 bits per heavy atom. The summed E-state index contributed by atoms with van der Waals surface area (Å²) in [6.07, 6.45) is -7.79. The summed E-state index contributed by atoms with van der Waals surface area (Å²) < 4.78 is 9.85. The molecule has 21 heavy (non-hydrogen) atoms. The van der Waals surface area contributed by atoms with Crippen molar-refractivity contribution in [2.45, 2.75) is 50.5 Å². The van der Waals surface area contributed by atoms with Crippen molar-refractivity contribution in [3.63, 3.8) is 0 Å². The molecule has 1 fully saturated rings. The summed E-state index contributed by atoms with van der Waals surface area (Å²) >= 11 is 0. The Hall–Kier alpha value is -1.03. The van der Waals surface area contributed by atoms with Gasteiger partial charge in [-0.3, -0.25) is 0 Å². The molecule has 0 radical (unpaired) electrons. The third-order valence-electron chi connectivity index (χ3n) is 3.20. The van der Waals surface area contributed by atoms with Crippen LogP contribution < -0.4 is 0 Å². The van der Waals surface area contributed by atoms with Crippen LogP contribution in [0.1, 0.15) is 13.8 Å². The first kappa shape index (κ1) is 18.0. The summed E-state index contributed by atoms with van der Waals surface area (Å²) in [4.78, 5) is 11.7. The molecule has 0 aromatic carbocycles. The summed E-state index contributed by atoms with van der Waals surface area (Å²) in [5.41, 5.74) is 0.921. The summed E-state index contributed by atoms with van der Waals surface area (Å²) in [5.74, 6) is -1.03. The van der Waals surface area contributed by atoms with Crippen LogP contribution in [0.4, 0.5) is 0 Å². The number of aliphatic hydroxyl groups excluding tert-OH is 5. The molecule has 0 saturated carbocycles. The standard InChI is InChI=1S/C13H22O8/c1-6(2)3-4-20-13(19)11(18)12-10(17)9(16)8(15)7(5-14)21-12/h3,7-12,14-18H,4-5H2,1-2H3/t7-,8-,9+,10+,11?,12?/m1/s1. The number of allylic oxidation sites excluding steroid dienone is 1. The number of hydrogen-bond donors (Lipinski definition) is 5. The predicted octanol–water partition coefficient (Wildman–Crippen LogP) is -2.30. The molecule has 8 heteroatoms. The number of carbonyl (C=O) groups is 1. The van der Waals surface area contributed by atoms with Crippen molar-refractivity contribution in [2.24, 2.45) is 0 Å². The van der Waals surface area contributed by atoms with E-state index in [0.717, 1.165) is 5.57 Å². The molecule has 1 saturated heterocycles. The highest BCUT2D eigenvalue weighted by Crippen LogP contribution is 2.23. The summed E-state index contributed by atoms with van der Waals surface area (Å²) in [6, 6.07) is 0. The van der Waals surface area contributed by atoms with Crippen LogP contribution >= 0.6 is 0 Å². The highest BCUT2D eigenvalue weighted by molar-refractivity contribution is 5.75. The normalized spacial score (nSPS) is 34.1. The number of esters is 1. The van der Waals surface area contributed by atoms with Gasteiger partial charge < -0.3 is 35.0 Å². The second kappa shape index (κ2) is 7.83. The number of rotatable bonds is 5. The third kappa shape index (κ3) is 4.47. The van der Waals surface area contributed by atoms with Gasteiger partial charge in [-0.2, -0.15) is 0 Å². The van der Waals surface area contributed by atoms with Crippen LogP contribution in [0.25, 0.3) is 0 Å². The molecule has 0 aliphatic carbocycles. The Morgan fingerprint density at radius 2 is 1.86 bits per heavy atom. The van der Waals surface area contributed by atoms with Crippen molar-refractivity contribution in [1.82, 2.24) is 0 Å². The molecular weight excluding hydrogens is 284 g/mol. The van der Waals surface area contributed by atoms with Crippen LogP contribution in [0.2, 0.25) is 0 Å². The fourth-order valence-electron chi connectivity index (χ4n) is 1.90. The molecule has 1 aliphatic heterocycles. The molecule has 0 aromatic rings. The molecule has 1 aliphatic rings. The maximum atomic E-state index is 11.7. The highest BCUT2D eigenvalue weighted by atomic mass is 16.6. The van der Waals surface area contributed by atoms with Crippen LogP contribution in [0, 0.1) is 0 Å². The van der Waals surface area contributed by atoms with Crippen molar-refractivity contribution >= 4 is 5.97 Å². The van der Waals surface area contributed by atoms with E-state index in [1.54, 1.807) is 6.08 Å². The fourth-order valence-corrected chi connectivity index (χ4v) is 1.90. The van der Waals surface area contributed by atoms with Crippen LogP contribution in [-0.4, -0.2) is 81.3 Å². The lowest BCUT2D eigenvalue weighted by atomic mass is 9.92. The zero-order valence-corrected chi connectivity index (χ0v) is 11.9. The third-order valence-corrected chi connectivity index (χ3v) is 3.20. The Morgan fingerprint density at radius 3 is 2.38 bits per heavy atom. The molecular formula is C13H22O8. The van der Waals surface area contributed by atoms with Crippen LogP contribution in [0.3, 0.4) is 0 Å². The van der Waals surface area contributed by atoms with Gasteiger partial charge in [0, 0.05) is 0 Å². The second-order valence-electron chi connectivity index (χ2n) is 5.15. The number of aliphatic hydroxyl groups is 5. The maximum Gasteiger partial charge on any atom is 0.338 e. The van der Waals surface area contributed by atoms with Gasteiger partial charge in [-0.15, -0.1) is 0 Å². The first-order valence-corrected chi connectivity index (χ1v) is 6.58.